The van der Waals surface area contributed by atoms with E-state index in [0.717, 1.165) is 24.9 Å². The highest BCUT2D eigenvalue weighted by Gasteiger charge is 2.13. The Bertz CT molecular complexity index is 519. The topological polar surface area (TPSA) is 114 Å². The van der Waals surface area contributed by atoms with Gasteiger partial charge in [-0.25, -0.2) is 9.59 Å². The molecule has 8 nitrogen and oxygen atoms in total. The van der Waals surface area contributed by atoms with Gasteiger partial charge >= 0.3 is 11.9 Å². The SMILES string of the molecule is CCC(CC)NCc1cc(OC)c(OC)c(OC)c1.O=C(O)C(=O)O. The number of carboxylic acid groups (broad SMARTS) is 2. The second-order valence-electron chi connectivity index (χ2n) is 5.04. The molecule has 1 rings (SSSR count). The summed E-state index contributed by atoms with van der Waals surface area (Å²) < 4.78 is 16.0. The van der Waals surface area contributed by atoms with Gasteiger partial charge in [0.05, 0.1) is 21.3 Å². The molecule has 0 heterocycles. The first-order valence-corrected chi connectivity index (χ1v) is 7.82. The van der Waals surface area contributed by atoms with E-state index >= 15 is 0 Å². The van der Waals surface area contributed by atoms with Crippen LogP contribution in [0, 0.1) is 0 Å². The zero-order valence-electron chi connectivity index (χ0n) is 15.3. The summed E-state index contributed by atoms with van der Waals surface area (Å²) in [5.41, 5.74) is 1.13. The molecular formula is C17H27NO7. The van der Waals surface area contributed by atoms with Gasteiger partial charge in [-0.1, -0.05) is 13.8 Å². The van der Waals surface area contributed by atoms with Crippen LogP contribution in [-0.4, -0.2) is 49.5 Å². The third-order valence-electron chi connectivity index (χ3n) is 3.49. The molecule has 0 atom stereocenters. The number of rotatable bonds is 8. The van der Waals surface area contributed by atoms with E-state index in [4.69, 9.17) is 34.0 Å². The Morgan fingerprint density at radius 2 is 1.40 bits per heavy atom. The Hall–Kier alpha value is -2.48. The van der Waals surface area contributed by atoms with E-state index < -0.39 is 11.9 Å². The molecule has 0 aromatic heterocycles. The van der Waals surface area contributed by atoms with Gasteiger partial charge in [0.1, 0.15) is 0 Å². The quantitative estimate of drug-likeness (QED) is 0.606. The lowest BCUT2D eigenvalue weighted by atomic mass is 10.1. The van der Waals surface area contributed by atoms with Crippen LogP contribution in [0.5, 0.6) is 17.2 Å². The highest BCUT2D eigenvalue weighted by molar-refractivity contribution is 6.27. The Kier molecular flexibility index (Phi) is 10.8. The van der Waals surface area contributed by atoms with Gasteiger partial charge in [-0.15, -0.1) is 0 Å². The molecule has 1 aromatic rings. The van der Waals surface area contributed by atoms with Crippen molar-refractivity contribution >= 4 is 11.9 Å². The fourth-order valence-electron chi connectivity index (χ4n) is 2.08. The maximum Gasteiger partial charge on any atom is 0.414 e. The van der Waals surface area contributed by atoms with Crippen LogP contribution in [0.4, 0.5) is 0 Å². The minimum Gasteiger partial charge on any atom is -0.493 e. The fourth-order valence-corrected chi connectivity index (χ4v) is 2.08. The molecule has 0 spiro atoms. The van der Waals surface area contributed by atoms with Crippen LogP contribution in [0.3, 0.4) is 0 Å². The Balaban J connectivity index is 0.000000823. The van der Waals surface area contributed by atoms with Crippen LogP contribution in [-0.2, 0) is 16.1 Å². The van der Waals surface area contributed by atoms with Crippen molar-refractivity contribution in [2.45, 2.75) is 39.3 Å². The highest BCUT2D eigenvalue weighted by atomic mass is 16.5. The molecule has 8 heteroatoms. The number of carbonyl (C=O) groups is 2. The summed E-state index contributed by atoms with van der Waals surface area (Å²) in [7, 11) is 4.88. The normalized spacial score (nSPS) is 9.84. The largest absolute Gasteiger partial charge is 0.493 e. The number of hydrogen-bond acceptors (Lipinski definition) is 6. The number of aliphatic carboxylic acids is 2. The lowest BCUT2D eigenvalue weighted by Gasteiger charge is -2.17. The average Bonchev–Trinajstić information content (AvgIpc) is 2.61. The number of hydrogen-bond donors (Lipinski definition) is 3. The molecule has 0 amide bonds. The summed E-state index contributed by atoms with van der Waals surface area (Å²) in [4.78, 5) is 18.2. The van der Waals surface area contributed by atoms with Crippen LogP contribution in [0.15, 0.2) is 12.1 Å². The summed E-state index contributed by atoms with van der Waals surface area (Å²) in [6.07, 6.45) is 2.25. The molecule has 0 saturated heterocycles. The zero-order chi connectivity index (χ0) is 19.4. The van der Waals surface area contributed by atoms with Gasteiger partial charge in [0.15, 0.2) is 11.5 Å². The minimum atomic E-state index is -1.82. The summed E-state index contributed by atoms with van der Waals surface area (Å²) in [6.45, 7) is 5.18. The van der Waals surface area contributed by atoms with Gasteiger partial charge in [-0.2, -0.15) is 0 Å². The first-order chi connectivity index (χ1) is 11.8. The standard InChI is InChI=1S/C15H25NO3.C2H2O4/c1-6-12(7-2)16-10-11-8-13(17-3)15(19-5)14(9-11)18-4;3-1(4)2(5)6/h8-9,12,16H,6-7,10H2,1-5H3;(H,3,4)(H,5,6). The van der Waals surface area contributed by atoms with Gasteiger partial charge in [-0.3, -0.25) is 0 Å². The lowest BCUT2D eigenvalue weighted by Crippen LogP contribution is -2.27. The van der Waals surface area contributed by atoms with Crippen molar-refractivity contribution in [2.75, 3.05) is 21.3 Å². The molecule has 0 unspecified atom stereocenters. The van der Waals surface area contributed by atoms with Crippen molar-refractivity contribution < 1.29 is 34.0 Å². The molecule has 25 heavy (non-hydrogen) atoms. The van der Waals surface area contributed by atoms with Crippen molar-refractivity contribution in [1.29, 1.82) is 0 Å². The molecule has 0 aliphatic heterocycles. The van der Waals surface area contributed by atoms with E-state index in [0.29, 0.717) is 23.3 Å². The Morgan fingerprint density at radius 1 is 0.960 bits per heavy atom. The van der Waals surface area contributed by atoms with Crippen molar-refractivity contribution in [3.63, 3.8) is 0 Å². The number of methoxy groups -OCH3 is 3. The molecule has 0 radical (unpaired) electrons. The predicted octanol–water partition coefficient (Wildman–Crippen LogP) is 2.15. The lowest BCUT2D eigenvalue weighted by molar-refractivity contribution is -0.159. The van der Waals surface area contributed by atoms with Crippen LogP contribution in [0.2, 0.25) is 0 Å². The van der Waals surface area contributed by atoms with Crippen LogP contribution in [0.1, 0.15) is 32.3 Å². The second kappa shape index (κ2) is 12.0. The van der Waals surface area contributed by atoms with Crippen molar-refractivity contribution in [2.24, 2.45) is 0 Å². The minimum absolute atomic E-state index is 0.541. The maximum absolute atomic E-state index is 9.10. The third-order valence-corrected chi connectivity index (χ3v) is 3.49. The maximum atomic E-state index is 9.10. The molecule has 3 N–H and O–H groups in total. The van der Waals surface area contributed by atoms with Crippen LogP contribution in [0.25, 0.3) is 0 Å². The third kappa shape index (κ3) is 7.75. The summed E-state index contributed by atoms with van der Waals surface area (Å²) in [5.74, 6) is -1.62. The number of ether oxygens (including phenoxy) is 3. The van der Waals surface area contributed by atoms with Crippen molar-refractivity contribution in [1.82, 2.24) is 5.32 Å². The zero-order valence-corrected chi connectivity index (χ0v) is 15.3. The average molecular weight is 357 g/mol. The van der Waals surface area contributed by atoms with Gasteiger partial charge in [0.25, 0.3) is 0 Å². The first kappa shape index (κ1) is 22.5. The van der Waals surface area contributed by atoms with Crippen LogP contribution >= 0.6 is 0 Å². The van der Waals surface area contributed by atoms with E-state index in [1.165, 1.54) is 0 Å². The number of benzene rings is 1. The smallest absolute Gasteiger partial charge is 0.414 e. The summed E-state index contributed by atoms with van der Waals surface area (Å²) >= 11 is 0. The molecule has 0 saturated carbocycles. The second-order valence-corrected chi connectivity index (χ2v) is 5.04. The molecular weight excluding hydrogens is 330 g/mol. The van der Waals surface area contributed by atoms with Crippen LogP contribution < -0.4 is 19.5 Å². The monoisotopic (exact) mass is 357 g/mol. The van der Waals surface area contributed by atoms with Gasteiger partial charge in [0.2, 0.25) is 5.75 Å². The molecule has 1 aromatic carbocycles. The summed E-state index contributed by atoms with van der Waals surface area (Å²) in [6, 6.07) is 4.51. The number of carboxylic acids is 2. The van der Waals surface area contributed by atoms with E-state index in [-0.39, 0.29) is 0 Å². The molecule has 0 aliphatic carbocycles. The molecule has 142 valence electrons. The van der Waals surface area contributed by atoms with E-state index in [9.17, 15) is 0 Å². The highest BCUT2D eigenvalue weighted by Crippen LogP contribution is 2.38. The Labute approximate surface area is 147 Å². The Morgan fingerprint density at radius 3 is 1.68 bits per heavy atom. The predicted molar refractivity (Wildman–Crippen MR) is 92.6 cm³/mol. The van der Waals surface area contributed by atoms with E-state index in [2.05, 4.69) is 19.2 Å². The fraction of sp³-hybridized carbons (Fsp3) is 0.529. The number of nitrogens with one attached hydrogen (secondary N) is 1. The molecule has 0 fully saturated rings. The van der Waals surface area contributed by atoms with E-state index in [1.807, 2.05) is 12.1 Å². The summed E-state index contributed by atoms with van der Waals surface area (Å²) in [5, 5.41) is 18.3. The van der Waals surface area contributed by atoms with Gasteiger partial charge in [-0.05, 0) is 30.5 Å². The van der Waals surface area contributed by atoms with Crippen molar-refractivity contribution in [3.8, 4) is 17.2 Å². The van der Waals surface area contributed by atoms with Gasteiger partial charge < -0.3 is 29.7 Å². The molecule has 0 aliphatic rings. The van der Waals surface area contributed by atoms with Gasteiger partial charge in [0, 0.05) is 12.6 Å². The first-order valence-electron chi connectivity index (χ1n) is 7.82. The van der Waals surface area contributed by atoms with E-state index in [1.54, 1.807) is 21.3 Å². The molecule has 0 bridgehead atoms. The van der Waals surface area contributed by atoms with Crippen molar-refractivity contribution in [3.05, 3.63) is 17.7 Å².